The van der Waals surface area contributed by atoms with Crippen LogP contribution >= 0.6 is 0 Å². The lowest BCUT2D eigenvalue weighted by Crippen LogP contribution is -2.36. The van der Waals surface area contributed by atoms with Gasteiger partial charge in [-0.1, -0.05) is 0 Å². The van der Waals surface area contributed by atoms with E-state index >= 15 is 0 Å². The number of nitriles is 1. The summed E-state index contributed by atoms with van der Waals surface area (Å²) in [5.74, 6) is 0.729. The van der Waals surface area contributed by atoms with Crippen molar-refractivity contribution in [3.63, 3.8) is 0 Å². The summed E-state index contributed by atoms with van der Waals surface area (Å²) < 4.78 is 0. The molecule has 0 atom stereocenters. The Labute approximate surface area is 83.9 Å². The molecule has 0 spiro atoms. The van der Waals surface area contributed by atoms with Crippen LogP contribution in [0.2, 0.25) is 0 Å². The number of nitrogens with one attached hydrogen (secondary N) is 3. The van der Waals surface area contributed by atoms with Crippen molar-refractivity contribution < 1.29 is 0 Å². The predicted octanol–water partition coefficient (Wildman–Crippen LogP) is -0.958. The van der Waals surface area contributed by atoms with Gasteiger partial charge in [-0.25, -0.2) is 5.43 Å². The number of aliphatic imine (C=N–C) groups is 1. The van der Waals surface area contributed by atoms with Gasteiger partial charge < -0.3 is 16.5 Å². The van der Waals surface area contributed by atoms with Crippen LogP contribution in [0.3, 0.4) is 0 Å². The first kappa shape index (κ1) is 12.3. The summed E-state index contributed by atoms with van der Waals surface area (Å²) in [5.41, 5.74) is 11.2. The molecule has 14 heavy (non-hydrogen) atoms. The molecule has 6 heteroatoms. The molecule has 0 radical (unpaired) electrons. The van der Waals surface area contributed by atoms with Crippen molar-refractivity contribution in [1.82, 2.24) is 16.2 Å². The second-order valence-electron chi connectivity index (χ2n) is 2.38. The molecule has 0 heterocycles. The SMILES string of the molecule is CCNC(=N/C)/C(C#N)=C(/N)NNC. The van der Waals surface area contributed by atoms with E-state index in [2.05, 4.69) is 21.2 Å². The number of hydrogen-bond donors (Lipinski definition) is 4. The summed E-state index contributed by atoms with van der Waals surface area (Å²) in [4.78, 5) is 3.93. The molecular weight excluding hydrogens is 180 g/mol. The topological polar surface area (TPSA) is 98.3 Å². The highest BCUT2D eigenvalue weighted by atomic mass is 15.4. The molecule has 0 aliphatic heterocycles. The van der Waals surface area contributed by atoms with Gasteiger partial charge in [0, 0.05) is 20.6 Å². The van der Waals surface area contributed by atoms with Gasteiger partial charge in [-0.15, -0.1) is 0 Å². The Balaban J connectivity index is 4.87. The van der Waals surface area contributed by atoms with Crippen LogP contribution in [-0.2, 0) is 0 Å². The van der Waals surface area contributed by atoms with E-state index in [1.165, 1.54) is 0 Å². The lowest BCUT2D eigenvalue weighted by atomic mass is 10.2. The average molecular weight is 196 g/mol. The highest BCUT2D eigenvalue weighted by Crippen LogP contribution is 1.96. The van der Waals surface area contributed by atoms with E-state index in [9.17, 15) is 0 Å². The van der Waals surface area contributed by atoms with Crippen molar-refractivity contribution in [2.75, 3.05) is 20.6 Å². The number of nitrogens with zero attached hydrogens (tertiary/aromatic N) is 2. The molecule has 6 nitrogen and oxygen atoms in total. The minimum absolute atomic E-state index is 0.247. The van der Waals surface area contributed by atoms with E-state index in [1.54, 1.807) is 14.1 Å². The van der Waals surface area contributed by atoms with Crippen LogP contribution in [0, 0.1) is 11.3 Å². The van der Waals surface area contributed by atoms with Crippen molar-refractivity contribution in [2.45, 2.75) is 6.92 Å². The van der Waals surface area contributed by atoms with Gasteiger partial charge in [0.05, 0.1) is 0 Å². The molecule has 0 aromatic rings. The molecule has 78 valence electrons. The quantitative estimate of drug-likeness (QED) is 0.201. The Hall–Kier alpha value is -1.74. The maximum atomic E-state index is 8.87. The van der Waals surface area contributed by atoms with E-state index in [-0.39, 0.29) is 5.82 Å². The first-order chi connectivity index (χ1) is 6.71. The number of hydrazine groups is 1. The van der Waals surface area contributed by atoms with E-state index < -0.39 is 0 Å². The molecule has 0 unspecified atom stereocenters. The fourth-order valence-corrected chi connectivity index (χ4v) is 0.885. The van der Waals surface area contributed by atoms with Gasteiger partial charge in [0.1, 0.15) is 23.3 Å². The Morgan fingerprint density at radius 3 is 2.57 bits per heavy atom. The van der Waals surface area contributed by atoms with Crippen LogP contribution in [-0.4, -0.2) is 26.5 Å². The summed E-state index contributed by atoms with van der Waals surface area (Å²) in [5, 5.41) is 11.8. The molecule has 0 aromatic carbocycles. The Morgan fingerprint density at radius 2 is 2.21 bits per heavy atom. The minimum Gasteiger partial charge on any atom is -0.383 e. The standard InChI is InChI=1S/C8H16N6/c1-4-13-8(11-2)6(5-9)7(10)14-12-3/h12,14H,4,10H2,1-3H3,(H,11,13)/b7-6-. The third kappa shape index (κ3) is 3.33. The maximum Gasteiger partial charge on any atom is 0.142 e. The van der Waals surface area contributed by atoms with E-state index in [4.69, 9.17) is 11.0 Å². The van der Waals surface area contributed by atoms with Crippen LogP contribution < -0.4 is 21.9 Å². The first-order valence-electron chi connectivity index (χ1n) is 4.24. The second-order valence-corrected chi connectivity index (χ2v) is 2.38. The first-order valence-corrected chi connectivity index (χ1v) is 4.24. The normalized spacial score (nSPS) is 12.9. The molecular formula is C8H16N6. The summed E-state index contributed by atoms with van der Waals surface area (Å²) in [7, 11) is 3.26. The van der Waals surface area contributed by atoms with Crippen LogP contribution in [0.1, 0.15) is 6.92 Å². The van der Waals surface area contributed by atoms with Crippen LogP contribution in [0.5, 0.6) is 0 Å². The molecule has 0 aromatic heterocycles. The summed E-state index contributed by atoms with van der Waals surface area (Å²) in [6, 6.07) is 1.98. The van der Waals surface area contributed by atoms with Crippen molar-refractivity contribution in [1.29, 1.82) is 5.26 Å². The zero-order valence-corrected chi connectivity index (χ0v) is 8.68. The molecule has 0 fully saturated rings. The number of rotatable bonds is 4. The van der Waals surface area contributed by atoms with Gasteiger partial charge in [-0.2, -0.15) is 5.26 Å². The number of hydrogen-bond acceptors (Lipinski definition) is 5. The van der Waals surface area contributed by atoms with Gasteiger partial charge in [0.15, 0.2) is 0 Å². The van der Waals surface area contributed by atoms with Gasteiger partial charge in [0.25, 0.3) is 0 Å². The van der Waals surface area contributed by atoms with Gasteiger partial charge >= 0.3 is 0 Å². The number of nitrogens with two attached hydrogens (primary N) is 1. The second kappa shape index (κ2) is 6.74. The summed E-state index contributed by atoms with van der Waals surface area (Å²) in [6.45, 7) is 2.60. The predicted molar refractivity (Wildman–Crippen MR) is 56.1 cm³/mol. The highest BCUT2D eigenvalue weighted by molar-refractivity contribution is 6.02. The monoisotopic (exact) mass is 196 g/mol. The smallest absolute Gasteiger partial charge is 0.142 e. The molecule has 0 aliphatic rings. The molecule has 0 saturated heterocycles. The molecule has 0 aliphatic carbocycles. The van der Waals surface area contributed by atoms with Crippen molar-refractivity contribution in [3.05, 3.63) is 11.4 Å². The Morgan fingerprint density at radius 1 is 1.57 bits per heavy atom. The Kier molecular flexibility index (Phi) is 5.90. The fourth-order valence-electron chi connectivity index (χ4n) is 0.885. The van der Waals surface area contributed by atoms with Gasteiger partial charge in [0.2, 0.25) is 0 Å². The molecule has 0 amide bonds. The molecule has 5 N–H and O–H groups in total. The van der Waals surface area contributed by atoms with Crippen LogP contribution in [0.15, 0.2) is 16.4 Å². The largest absolute Gasteiger partial charge is 0.383 e. The van der Waals surface area contributed by atoms with Crippen LogP contribution in [0.4, 0.5) is 0 Å². The van der Waals surface area contributed by atoms with Crippen molar-refractivity contribution in [2.24, 2.45) is 10.7 Å². The zero-order chi connectivity index (χ0) is 11.0. The average Bonchev–Trinajstić information content (AvgIpc) is 2.18. The zero-order valence-electron chi connectivity index (χ0n) is 8.68. The minimum atomic E-state index is 0.247. The summed E-state index contributed by atoms with van der Waals surface area (Å²) >= 11 is 0. The van der Waals surface area contributed by atoms with E-state index in [0.29, 0.717) is 18.0 Å². The molecule has 0 bridgehead atoms. The molecule has 0 saturated carbocycles. The van der Waals surface area contributed by atoms with Crippen molar-refractivity contribution >= 4 is 5.84 Å². The third-order valence-electron chi connectivity index (χ3n) is 1.45. The number of amidine groups is 1. The van der Waals surface area contributed by atoms with Crippen molar-refractivity contribution in [3.8, 4) is 6.07 Å². The highest BCUT2D eigenvalue weighted by Gasteiger charge is 2.08. The van der Waals surface area contributed by atoms with E-state index in [1.807, 2.05) is 13.0 Å². The number of likely N-dealkylation sites (N-methyl/N-ethyl adjacent to an activating group) is 1. The van der Waals surface area contributed by atoms with E-state index in [0.717, 1.165) is 0 Å². The van der Waals surface area contributed by atoms with Gasteiger partial charge in [-0.05, 0) is 6.92 Å². The van der Waals surface area contributed by atoms with Crippen LogP contribution in [0.25, 0.3) is 0 Å². The lowest BCUT2D eigenvalue weighted by molar-refractivity contribution is 0.679. The summed E-state index contributed by atoms with van der Waals surface area (Å²) in [6.07, 6.45) is 0. The maximum absolute atomic E-state index is 8.87. The third-order valence-corrected chi connectivity index (χ3v) is 1.45. The fraction of sp³-hybridized carbons (Fsp3) is 0.500. The molecule has 0 rings (SSSR count). The van der Waals surface area contributed by atoms with Gasteiger partial charge in [-0.3, -0.25) is 4.99 Å². The Bertz CT molecular complexity index is 272. The lowest BCUT2D eigenvalue weighted by Gasteiger charge is -2.10.